The third-order valence-corrected chi connectivity index (χ3v) is 4.00. The molecule has 2 aliphatic heterocycles. The topological polar surface area (TPSA) is 33.7 Å². The predicted molar refractivity (Wildman–Crippen MR) is 72.9 cm³/mol. The number of hydrogen-bond donors (Lipinski definition) is 1. The maximum absolute atomic E-state index is 5.80. The van der Waals surface area contributed by atoms with Crippen LogP contribution in [0.3, 0.4) is 0 Å². The van der Waals surface area contributed by atoms with Crippen molar-refractivity contribution in [2.24, 2.45) is 5.92 Å². The summed E-state index contributed by atoms with van der Waals surface area (Å²) >= 11 is 0. The summed E-state index contributed by atoms with van der Waals surface area (Å²) in [5, 5.41) is 3.52. The molecule has 0 aromatic heterocycles. The normalized spacial score (nSPS) is 33.2. The van der Waals surface area contributed by atoms with Gasteiger partial charge in [0.15, 0.2) is 0 Å². The van der Waals surface area contributed by atoms with E-state index in [-0.39, 0.29) is 0 Å². The maximum Gasteiger partial charge on any atom is 0.0701 e. The van der Waals surface area contributed by atoms with Crippen LogP contribution >= 0.6 is 0 Å². The lowest BCUT2D eigenvalue weighted by atomic mass is 10.0. The first-order valence-corrected chi connectivity index (χ1v) is 7.41. The molecule has 0 aromatic carbocycles. The molecule has 0 amide bonds. The van der Waals surface area contributed by atoms with Crippen LogP contribution in [-0.4, -0.2) is 63.5 Å². The highest BCUT2D eigenvalue weighted by Gasteiger charge is 2.29. The standard InChI is InChI=1S/C14H28N2O2/c1-3-15-14-11-17-10-12(14)8-16(2)9-13-6-4-5-7-18-13/h12-15H,3-11H2,1-2H3. The lowest BCUT2D eigenvalue weighted by Gasteiger charge is -2.30. The van der Waals surface area contributed by atoms with Crippen LogP contribution < -0.4 is 5.32 Å². The molecule has 0 saturated carbocycles. The van der Waals surface area contributed by atoms with Crippen molar-refractivity contribution < 1.29 is 9.47 Å². The molecule has 2 aliphatic rings. The van der Waals surface area contributed by atoms with Gasteiger partial charge in [0, 0.05) is 31.7 Å². The molecule has 3 unspecified atom stereocenters. The SMILES string of the molecule is CCNC1COCC1CN(C)CC1CCCCO1. The van der Waals surface area contributed by atoms with Crippen LogP contribution in [0.25, 0.3) is 0 Å². The second-order valence-electron chi connectivity index (χ2n) is 5.67. The summed E-state index contributed by atoms with van der Waals surface area (Å²) in [6.07, 6.45) is 4.23. The minimum atomic E-state index is 0.448. The summed E-state index contributed by atoms with van der Waals surface area (Å²) in [5.41, 5.74) is 0. The molecule has 0 aromatic rings. The Balaban J connectivity index is 1.70. The first-order chi connectivity index (χ1) is 8.79. The van der Waals surface area contributed by atoms with Gasteiger partial charge in [-0.2, -0.15) is 0 Å². The van der Waals surface area contributed by atoms with E-state index in [1.807, 2.05) is 0 Å². The van der Waals surface area contributed by atoms with E-state index >= 15 is 0 Å². The largest absolute Gasteiger partial charge is 0.379 e. The fraction of sp³-hybridized carbons (Fsp3) is 1.00. The van der Waals surface area contributed by atoms with Gasteiger partial charge in [-0.3, -0.25) is 0 Å². The number of likely N-dealkylation sites (N-methyl/N-ethyl adjacent to an activating group) is 2. The van der Waals surface area contributed by atoms with Crippen molar-refractivity contribution >= 4 is 0 Å². The van der Waals surface area contributed by atoms with Gasteiger partial charge in [0.1, 0.15) is 0 Å². The molecule has 2 heterocycles. The molecular weight excluding hydrogens is 228 g/mol. The zero-order valence-corrected chi connectivity index (χ0v) is 11.9. The quantitative estimate of drug-likeness (QED) is 0.772. The van der Waals surface area contributed by atoms with Crippen LogP contribution in [0.1, 0.15) is 26.2 Å². The van der Waals surface area contributed by atoms with Gasteiger partial charge in [-0.1, -0.05) is 6.92 Å². The molecule has 1 N–H and O–H groups in total. The molecule has 0 spiro atoms. The van der Waals surface area contributed by atoms with E-state index in [9.17, 15) is 0 Å². The molecular formula is C14H28N2O2. The van der Waals surface area contributed by atoms with E-state index in [2.05, 4.69) is 24.2 Å². The molecule has 3 atom stereocenters. The number of hydrogen-bond acceptors (Lipinski definition) is 4. The number of ether oxygens (including phenoxy) is 2. The number of rotatable bonds is 6. The third kappa shape index (κ3) is 4.19. The van der Waals surface area contributed by atoms with Crippen molar-refractivity contribution in [3.63, 3.8) is 0 Å². The Bertz CT molecular complexity index is 232. The van der Waals surface area contributed by atoms with Crippen LogP contribution in [0.2, 0.25) is 0 Å². The molecule has 18 heavy (non-hydrogen) atoms. The first-order valence-electron chi connectivity index (χ1n) is 7.41. The highest BCUT2D eigenvalue weighted by molar-refractivity contribution is 4.83. The predicted octanol–water partition coefficient (Wildman–Crippen LogP) is 1.11. The molecule has 4 nitrogen and oxygen atoms in total. The third-order valence-electron chi connectivity index (χ3n) is 4.00. The van der Waals surface area contributed by atoms with E-state index < -0.39 is 0 Å². The molecule has 2 fully saturated rings. The molecule has 4 heteroatoms. The number of nitrogens with zero attached hydrogens (tertiary/aromatic N) is 1. The van der Waals surface area contributed by atoms with Gasteiger partial charge in [0.25, 0.3) is 0 Å². The van der Waals surface area contributed by atoms with Gasteiger partial charge < -0.3 is 19.7 Å². The molecule has 2 rings (SSSR count). The monoisotopic (exact) mass is 256 g/mol. The van der Waals surface area contributed by atoms with Crippen LogP contribution in [0.4, 0.5) is 0 Å². The fourth-order valence-electron chi connectivity index (χ4n) is 3.04. The van der Waals surface area contributed by atoms with Gasteiger partial charge in [0.2, 0.25) is 0 Å². The Morgan fingerprint density at radius 1 is 1.22 bits per heavy atom. The van der Waals surface area contributed by atoms with Gasteiger partial charge in [-0.05, 0) is 32.9 Å². The van der Waals surface area contributed by atoms with Crippen molar-refractivity contribution in [2.45, 2.75) is 38.3 Å². The van der Waals surface area contributed by atoms with Crippen LogP contribution in [0.5, 0.6) is 0 Å². The van der Waals surface area contributed by atoms with E-state index in [0.29, 0.717) is 18.1 Å². The summed E-state index contributed by atoms with van der Waals surface area (Å²) < 4.78 is 11.4. The Morgan fingerprint density at radius 2 is 2.11 bits per heavy atom. The maximum atomic E-state index is 5.80. The Hall–Kier alpha value is -0.160. The van der Waals surface area contributed by atoms with Gasteiger partial charge in [-0.15, -0.1) is 0 Å². The van der Waals surface area contributed by atoms with Crippen LogP contribution in [0, 0.1) is 5.92 Å². The average Bonchev–Trinajstić information content (AvgIpc) is 2.78. The first kappa shape index (κ1) is 14.3. The molecule has 0 bridgehead atoms. The summed E-state index contributed by atoms with van der Waals surface area (Å²) in [4.78, 5) is 2.42. The van der Waals surface area contributed by atoms with Gasteiger partial charge >= 0.3 is 0 Å². The Labute approximate surface area is 111 Å². The van der Waals surface area contributed by atoms with Crippen molar-refractivity contribution in [3.8, 4) is 0 Å². The smallest absolute Gasteiger partial charge is 0.0701 e. The zero-order valence-electron chi connectivity index (χ0n) is 11.9. The number of nitrogens with one attached hydrogen (secondary N) is 1. The van der Waals surface area contributed by atoms with Crippen LogP contribution in [0.15, 0.2) is 0 Å². The van der Waals surface area contributed by atoms with Crippen molar-refractivity contribution in [1.29, 1.82) is 0 Å². The molecule has 0 radical (unpaired) electrons. The second-order valence-corrected chi connectivity index (χ2v) is 5.67. The summed E-state index contributed by atoms with van der Waals surface area (Å²) in [6.45, 7) is 8.08. The van der Waals surface area contributed by atoms with E-state index in [1.165, 1.54) is 19.3 Å². The molecule has 106 valence electrons. The zero-order chi connectivity index (χ0) is 12.8. The lowest BCUT2D eigenvalue weighted by molar-refractivity contribution is -0.00399. The van der Waals surface area contributed by atoms with E-state index in [0.717, 1.165) is 39.5 Å². The second kappa shape index (κ2) is 7.43. The minimum Gasteiger partial charge on any atom is -0.379 e. The average molecular weight is 256 g/mol. The molecule has 2 saturated heterocycles. The Kier molecular flexibility index (Phi) is 5.89. The van der Waals surface area contributed by atoms with Gasteiger partial charge in [0.05, 0.1) is 19.3 Å². The lowest BCUT2D eigenvalue weighted by Crippen LogP contribution is -2.43. The summed E-state index contributed by atoms with van der Waals surface area (Å²) in [6, 6.07) is 0.532. The van der Waals surface area contributed by atoms with Gasteiger partial charge in [-0.25, -0.2) is 0 Å². The highest BCUT2D eigenvalue weighted by atomic mass is 16.5. The minimum absolute atomic E-state index is 0.448. The summed E-state index contributed by atoms with van der Waals surface area (Å²) in [7, 11) is 2.21. The van der Waals surface area contributed by atoms with Crippen molar-refractivity contribution in [2.75, 3.05) is 46.5 Å². The van der Waals surface area contributed by atoms with Crippen LogP contribution in [-0.2, 0) is 9.47 Å². The summed E-state index contributed by atoms with van der Waals surface area (Å²) in [5.74, 6) is 0.624. The Morgan fingerprint density at radius 3 is 2.83 bits per heavy atom. The van der Waals surface area contributed by atoms with Crippen molar-refractivity contribution in [3.05, 3.63) is 0 Å². The van der Waals surface area contributed by atoms with E-state index in [4.69, 9.17) is 9.47 Å². The molecule has 0 aliphatic carbocycles. The highest BCUT2D eigenvalue weighted by Crippen LogP contribution is 2.17. The van der Waals surface area contributed by atoms with E-state index in [1.54, 1.807) is 0 Å². The van der Waals surface area contributed by atoms with Crippen molar-refractivity contribution in [1.82, 2.24) is 10.2 Å². The fourth-order valence-corrected chi connectivity index (χ4v) is 3.04.